The van der Waals surface area contributed by atoms with Gasteiger partial charge in [0.15, 0.2) is 11.9 Å². The van der Waals surface area contributed by atoms with E-state index in [0.717, 1.165) is 0 Å². The van der Waals surface area contributed by atoms with Gasteiger partial charge < -0.3 is 44.1 Å². The van der Waals surface area contributed by atoms with Crippen LogP contribution in [0.1, 0.15) is 6.92 Å². The van der Waals surface area contributed by atoms with E-state index in [-0.39, 0.29) is 18.3 Å². The Morgan fingerprint density at radius 3 is 2.68 bits per heavy atom. The number of aliphatic hydroxyl groups excluding tert-OH is 4. The van der Waals surface area contributed by atoms with Crippen molar-refractivity contribution in [2.24, 2.45) is 17.8 Å². The average molecular weight is 440 g/mol. The molecule has 5 aliphatic rings. The molecule has 4 aliphatic heterocycles. The molecular weight excluding hydrogens is 416 g/mol. The lowest BCUT2D eigenvalue weighted by atomic mass is 9.77. The molecule has 0 aromatic carbocycles. The van der Waals surface area contributed by atoms with Crippen LogP contribution in [-0.2, 0) is 33.3 Å². The molecule has 0 aromatic heterocycles. The van der Waals surface area contributed by atoms with Crippen molar-refractivity contribution in [3.05, 3.63) is 24.0 Å². The first-order valence-corrected chi connectivity index (χ1v) is 10.1. The fraction of sp³-hybridized carbons (Fsp3) is 0.700. The Bertz CT molecular complexity index is 837. The second kappa shape index (κ2) is 7.34. The van der Waals surface area contributed by atoms with Crippen molar-refractivity contribution >= 4 is 11.8 Å². The topological polar surface area (TPSA) is 161 Å². The van der Waals surface area contributed by atoms with E-state index in [9.17, 15) is 30.0 Å². The van der Waals surface area contributed by atoms with Gasteiger partial charge in [0.25, 0.3) is 0 Å². The second-order valence-corrected chi connectivity index (χ2v) is 8.54. The minimum Gasteiger partial charge on any atom is -0.472 e. The Hall–Kier alpha value is -1.86. The van der Waals surface area contributed by atoms with Crippen molar-refractivity contribution in [2.45, 2.75) is 55.6 Å². The average Bonchev–Trinajstić information content (AvgIpc) is 3.34. The van der Waals surface area contributed by atoms with Gasteiger partial charge in [-0.2, -0.15) is 0 Å². The van der Waals surface area contributed by atoms with Gasteiger partial charge in [-0.1, -0.05) is 6.08 Å². The Labute approximate surface area is 176 Å². The highest BCUT2D eigenvalue weighted by Crippen LogP contribution is 2.58. The van der Waals surface area contributed by atoms with Gasteiger partial charge in [-0.05, 0) is 18.6 Å². The van der Waals surface area contributed by atoms with Crippen molar-refractivity contribution in [3.63, 3.8) is 0 Å². The number of carbonyl (C=O) groups is 2. The van der Waals surface area contributed by atoms with Gasteiger partial charge in [0.1, 0.15) is 42.2 Å². The number of hydrogen-bond acceptors (Lipinski definition) is 11. The summed E-state index contributed by atoms with van der Waals surface area (Å²) in [5, 5.41) is 39.2. The number of ketones is 1. The Morgan fingerprint density at radius 2 is 1.97 bits per heavy atom. The van der Waals surface area contributed by atoms with Gasteiger partial charge in [-0.25, -0.2) is 0 Å². The van der Waals surface area contributed by atoms with Gasteiger partial charge in [0, 0.05) is 5.92 Å². The molecule has 11 atom stereocenters. The van der Waals surface area contributed by atoms with Crippen LogP contribution >= 0.6 is 0 Å². The summed E-state index contributed by atoms with van der Waals surface area (Å²) >= 11 is 0. The number of allylic oxidation sites excluding steroid dienone is 1. The molecule has 4 heterocycles. The van der Waals surface area contributed by atoms with Gasteiger partial charge in [-0.3, -0.25) is 9.59 Å². The number of esters is 1. The maximum absolute atomic E-state index is 12.3. The van der Waals surface area contributed by atoms with Crippen LogP contribution in [0, 0.1) is 17.8 Å². The zero-order valence-corrected chi connectivity index (χ0v) is 16.6. The van der Waals surface area contributed by atoms with Gasteiger partial charge in [0.2, 0.25) is 6.29 Å². The minimum atomic E-state index is -1.54. The highest BCUT2D eigenvalue weighted by Gasteiger charge is 2.72. The molecule has 1 unspecified atom stereocenters. The molecule has 0 radical (unpaired) electrons. The van der Waals surface area contributed by atoms with Crippen molar-refractivity contribution in [1.82, 2.24) is 0 Å². The van der Waals surface area contributed by atoms with Crippen LogP contribution in [0.15, 0.2) is 24.0 Å². The molecule has 5 rings (SSSR count). The zero-order valence-electron chi connectivity index (χ0n) is 16.6. The van der Waals surface area contributed by atoms with E-state index in [1.807, 2.05) is 6.08 Å². The Morgan fingerprint density at radius 1 is 1.19 bits per heavy atom. The summed E-state index contributed by atoms with van der Waals surface area (Å²) in [6.45, 7) is 0.701. The lowest BCUT2D eigenvalue weighted by Gasteiger charge is -2.40. The zero-order chi connectivity index (χ0) is 22.1. The largest absolute Gasteiger partial charge is 0.472 e. The number of Topliss-reactive ketones (excluding diaryl/α,β-unsaturated/α-hetero) is 1. The van der Waals surface area contributed by atoms with E-state index in [0.29, 0.717) is 5.57 Å². The summed E-state index contributed by atoms with van der Waals surface area (Å²) in [5.41, 5.74) is -0.441. The number of aliphatic hydroxyl groups is 4. The number of carbonyl (C=O) groups excluding carboxylic acids is 2. The van der Waals surface area contributed by atoms with Crippen molar-refractivity contribution < 1.29 is 53.7 Å². The predicted octanol–water partition coefficient (Wildman–Crippen LogP) is -2.26. The molecule has 3 saturated heterocycles. The molecule has 11 heteroatoms. The summed E-state index contributed by atoms with van der Waals surface area (Å²) in [7, 11) is 0. The molecule has 1 spiro atoms. The maximum atomic E-state index is 12.3. The van der Waals surface area contributed by atoms with Crippen molar-refractivity contribution in [1.29, 1.82) is 0 Å². The molecule has 11 nitrogen and oxygen atoms in total. The normalized spacial score (nSPS) is 49.8. The first-order chi connectivity index (χ1) is 14.8. The molecular formula is C20H24O11. The first-order valence-electron chi connectivity index (χ1n) is 10.1. The van der Waals surface area contributed by atoms with E-state index >= 15 is 0 Å². The molecule has 1 aliphatic carbocycles. The molecule has 0 aromatic rings. The van der Waals surface area contributed by atoms with Crippen LogP contribution in [-0.4, -0.2) is 94.1 Å². The Balaban J connectivity index is 1.31. The molecule has 0 amide bonds. The van der Waals surface area contributed by atoms with Crippen LogP contribution in [0.2, 0.25) is 0 Å². The third kappa shape index (κ3) is 2.92. The molecule has 31 heavy (non-hydrogen) atoms. The lowest BCUT2D eigenvalue weighted by Crippen LogP contribution is -2.59. The summed E-state index contributed by atoms with van der Waals surface area (Å²) in [5.74, 6) is -2.63. The first kappa shape index (κ1) is 21.0. The molecule has 0 bridgehead atoms. The fourth-order valence-electron chi connectivity index (χ4n) is 5.22. The monoisotopic (exact) mass is 440 g/mol. The third-order valence-corrected chi connectivity index (χ3v) is 6.81. The summed E-state index contributed by atoms with van der Waals surface area (Å²) in [6, 6.07) is 0. The summed E-state index contributed by atoms with van der Waals surface area (Å²) < 4.78 is 28.2. The van der Waals surface area contributed by atoms with Crippen molar-refractivity contribution in [2.75, 3.05) is 13.2 Å². The van der Waals surface area contributed by atoms with Crippen LogP contribution in [0.25, 0.3) is 0 Å². The number of hydrogen-bond donors (Lipinski definition) is 4. The fourth-order valence-corrected chi connectivity index (χ4v) is 5.22. The van der Waals surface area contributed by atoms with E-state index in [4.69, 9.17) is 23.7 Å². The van der Waals surface area contributed by atoms with Crippen LogP contribution in [0.3, 0.4) is 0 Å². The van der Waals surface area contributed by atoms with Gasteiger partial charge >= 0.3 is 5.97 Å². The van der Waals surface area contributed by atoms with E-state index in [1.165, 1.54) is 13.2 Å². The van der Waals surface area contributed by atoms with Crippen LogP contribution < -0.4 is 0 Å². The molecule has 3 fully saturated rings. The SMILES string of the molecule is CC(=O)[C@@H]1C(=O)O[C@]23C=C[C@@H]4C(CO[C@@H]5O[C@H](CO)[C@@H](O)[C@H](O)[C@H]5O)=CO[C@H](OC12)[C@@H]43. The highest BCUT2D eigenvalue weighted by molar-refractivity contribution is 6.00. The minimum absolute atomic E-state index is 0.0637. The van der Waals surface area contributed by atoms with Crippen LogP contribution in [0.5, 0.6) is 0 Å². The van der Waals surface area contributed by atoms with E-state index in [1.54, 1.807) is 6.08 Å². The third-order valence-electron chi connectivity index (χ3n) is 6.81. The second-order valence-electron chi connectivity index (χ2n) is 8.54. The predicted molar refractivity (Wildman–Crippen MR) is 96.7 cm³/mol. The summed E-state index contributed by atoms with van der Waals surface area (Å²) in [6.07, 6.45) is -3.32. The molecule has 4 N–H and O–H groups in total. The van der Waals surface area contributed by atoms with Gasteiger partial charge in [0.05, 0.1) is 25.4 Å². The van der Waals surface area contributed by atoms with Crippen LogP contribution in [0.4, 0.5) is 0 Å². The number of rotatable bonds is 5. The van der Waals surface area contributed by atoms with Gasteiger partial charge in [-0.15, -0.1) is 0 Å². The molecule has 170 valence electrons. The standard InChI is InChI=1S/C20H24O11/c1-7(22)11-16-20(31-17(11)26)3-2-9-8(5-27-18(30-16)12(9)20)6-28-19-15(25)14(24)13(23)10(4-21)29-19/h2-3,5,9-16,18-19,21,23-25H,4,6H2,1H3/t9-,10-,11+,12-,13-,14+,15-,16?,18-,19-,20+/m1/s1. The maximum Gasteiger partial charge on any atom is 0.320 e. The lowest BCUT2D eigenvalue weighted by molar-refractivity contribution is -0.299. The highest BCUT2D eigenvalue weighted by atomic mass is 16.7. The van der Waals surface area contributed by atoms with Crippen molar-refractivity contribution in [3.8, 4) is 0 Å². The summed E-state index contributed by atoms with van der Waals surface area (Å²) in [4.78, 5) is 24.3. The Kier molecular flexibility index (Phi) is 4.97. The smallest absolute Gasteiger partial charge is 0.320 e. The number of ether oxygens (including phenoxy) is 5. The quantitative estimate of drug-likeness (QED) is 0.208. The van der Waals surface area contributed by atoms with E-state index < -0.39 is 73.1 Å². The van der Waals surface area contributed by atoms with E-state index in [2.05, 4.69) is 0 Å². The molecule has 0 saturated carbocycles.